The minimum Gasteiger partial charge on any atom is -0.459 e. The van der Waals surface area contributed by atoms with Gasteiger partial charge in [0.25, 0.3) is 0 Å². The van der Waals surface area contributed by atoms with Gasteiger partial charge in [0.15, 0.2) is 5.78 Å². The summed E-state index contributed by atoms with van der Waals surface area (Å²) in [6.45, 7) is 12.6. The average molecular weight is 362 g/mol. The first kappa shape index (κ1) is 20.4. The summed E-state index contributed by atoms with van der Waals surface area (Å²) in [5, 5.41) is 0. The summed E-state index contributed by atoms with van der Waals surface area (Å²) in [5.41, 5.74) is 0.617. The van der Waals surface area contributed by atoms with Crippen LogP contribution < -0.4 is 0 Å². The van der Waals surface area contributed by atoms with Crippen molar-refractivity contribution in [2.45, 2.75) is 66.6 Å². The molecule has 0 aliphatic heterocycles. The van der Waals surface area contributed by atoms with Crippen LogP contribution in [0.5, 0.6) is 0 Å². The van der Waals surface area contributed by atoms with Gasteiger partial charge in [-0.05, 0) is 52.0 Å². The Morgan fingerprint density at radius 3 is 2.31 bits per heavy atom. The number of hydrogen-bond acceptors (Lipinski definition) is 5. The molecule has 5 nitrogen and oxygen atoms in total. The molecule has 0 N–H and O–H groups in total. The van der Waals surface area contributed by atoms with Crippen LogP contribution in [0, 0.1) is 23.7 Å². The van der Waals surface area contributed by atoms with E-state index in [0.717, 1.165) is 5.57 Å². The number of carbonyl (C=O) groups is 3. The lowest BCUT2D eigenvalue weighted by Gasteiger charge is -2.38. The second kappa shape index (κ2) is 7.37. The Kier molecular flexibility index (Phi) is 5.79. The fraction of sp³-hybridized carbons (Fsp3) is 0.667. The van der Waals surface area contributed by atoms with E-state index in [4.69, 9.17) is 9.47 Å². The Labute approximate surface area is 155 Å². The SMILES string of the molecule is CC(=O)O[C@]1(C)C[C@@H](C)[C@@H]2C=CC(=O)C2[C@@H](OC(=O)C(C)=C(C)C)[C@@H]1C. The monoisotopic (exact) mass is 362 g/mol. The van der Waals surface area contributed by atoms with E-state index in [-0.39, 0.29) is 29.5 Å². The Morgan fingerprint density at radius 2 is 1.77 bits per heavy atom. The molecule has 0 bridgehead atoms. The highest BCUT2D eigenvalue weighted by molar-refractivity contribution is 5.96. The normalized spacial score (nSPS) is 36.1. The average Bonchev–Trinajstić information content (AvgIpc) is 2.88. The molecule has 144 valence electrons. The molecule has 0 amide bonds. The fourth-order valence-electron chi connectivity index (χ4n) is 4.23. The van der Waals surface area contributed by atoms with Crippen LogP contribution in [0.4, 0.5) is 0 Å². The lowest BCUT2D eigenvalue weighted by molar-refractivity contribution is -0.173. The van der Waals surface area contributed by atoms with Crippen molar-refractivity contribution in [3.8, 4) is 0 Å². The van der Waals surface area contributed by atoms with Crippen molar-refractivity contribution in [3.63, 3.8) is 0 Å². The Hall–Kier alpha value is -1.91. The number of ketones is 1. The highest BCUT2D eigenvalue weighted by atomic mass is 16.6. The third-order valence-electron chi connectivity index (χ3n) is 6.10. The molecule has 0 spiro atoms. The maximum absolute atomic E-state index is 12.6. The number of fused-ring (bicyclic) bond motifs is 1. The molecule has 6 atom stereocenters. The number of hydrogen-bond donors (Lipinski definition) is 0. The molecule has 2 aliphatic rings. The van der Waals surface area contributed by atoms with E-state index in [2.05, 4.69) is 6.92 Å². The van der Waals surface area contributed by atoms with Crippen molar-refractivity contribution in [2.75, 3.05) is 0 Å². The molecule has 1 fully saturated rings. The zero-order valence-corrected chi connectivity index (χ0v) is 16.8. The third kappa shape index (κ3) is 3.76. The summed E-state index contributed by atoms with van der Waals surface area (Å²) in [5.74, 6) is -1.43. The molecule has 0 aromatic carbocycles. The molecule has 2 rings (SSSR count). The van der Waals surface area contributed by atoms with E-state index < -0.39 is 23.6 Å². The first-order valence-electron chi connectivity index (χ1n) is 9.24. The fourth-order valence-corrected chi connectivity index (χ4v) is 4.23. The number of esters is 2. The molecular formula is C21H30O5. The van der Waals surface area contributed by atoms with Crippen LogP contribution in [-0.2, 0) is 23.9 Å². The molecule has 2 aliphatic carbocycles. The first-order valence-corrected chi connectivity index (χ1v) is 9.24. The van der Waals surface area contributed by atoms with Crippen LogP contribution in [0.25, 0.3) is 0 Å². The minimum absolute atomic E-state index is 0.0200. The first-order chi connectivity index (χ1) is 12.0. The quantitative estimate of drug-likeness (QED) is 0.566. The van der Waals surface area contributed by atoms with Gasteiger partial charge in [0.2, 0.25) is 0 Å². The minimum atomic E-state index is -0.798. The maximum atomic E-state index is 12.6. The molecule has 0 heterocycles. The standard InChI is InChI=1S/C21H30O5/c1-11(2)13(4)20(24)25-19-14(5)21(7,26-15(6)22)10-12(3)16-8-9-17(23)18(16)19/h8-9,12,14,16,18-19H,10H2,1-7H3/t12-,14+,16+,18?,19+,21-/m1/s1. The summed E-state index contributed by atoms with van der Waals surface area (Å²) in [7, 11) is 0. The lowest BCUT2D eigenvalue weighted by atomic mass is 9.80. The summed E-state index contributed by atoms with van der Waals surface area (Å²) < 4.78 is 11.6. The largest absolute Gasteiger partial charge is 0.459 e. The van der Waals surface area contributed by atoms with Crippen molar-refractivity contribution in [1.29, 1.82) is 0 Å². The van der Waals surface area contributed by atoms with Gasteiger partial charge in [0, 0.05) is 18.4 Å². The zero-order valence-electron chi connectivity index (χ0n) is 16.8. The number of ether oxygens (including phenoxy) is 2. The molecule has 5 heteroatoms. The van der Waals surface area contributed by atoms with Crippen molar-refractivity contribution < 1.29 is 23.9 Å². The summed E-state index contributed by atoms with van der Waals surface area (Å²) in [4.78, 5) is 36.9. The molecule has 0 radical (unpaired) electrons. The predicted octanol–water partition coefficient (Wildman–Crippen LogP) is 3.62. The van der Waals surface area contributed by atoms with Gasteiger partial charge < -0.3 is 9.47 Å². The third-order valence-corrected chi connectivity index (χ3v) is 6.10. The second-order valence-electron chi connectivity index (χ2n) is 8.24. The van der Waals surface area contributed by atoms with E-state index in [1.807, 2.05) is 33.8 Å². The van der Waals surface area contributed by atoms with Gasteiger partial charge in [0.05, 0.1) is 5.92 Å². The number of carbonyl (C=O) groups excluding carboxylic acids is 3. The van der Waals surface area contributed by atoms with Crippen LogP contribution in [0.1, 0.15) is 54.9 Å². The van der Waals surface area contributed by atoms with Crippen LogP contribution in [0.3, 0.4) is 0 Å². The second-order valence-corrected chi connectivity index (χ2v) is 8.24. The molecular weight excluding hydrogens is 332 g/mol. The lowest BCUT2D eigenvalue weighted by Crippen LogP contribution is -2.47. The smallest absolute Gasteiger partial charge is 0.333 e. The highest BCUT2D eigenvalue weighted by Gasteiger charge is 2.54. The van der Waals surface area contributed by atoms with Gasteiger partial charge in [-0.25, -0.2) is 4.79 Å². The van der Waals surface area contributed by atoms with E-state index in [9.17, 15) is 14.4 Å². The van der Waals surface area contributed by atoms with Crippen molar-refractivity contribution in [3.05, 3.63) is 23.3 Å². The van der Waals surface area contributed by atoms with Crippen LogP contribution in [0.15, 0.2) is 23.3 Å². The summed E-state index contributed by atoms with van der Waals surface area (Å²) >= 11 is 0. The number of allylic oxidation sites excluding steroid dienone is 3. The predicted molar refractivity (Wildman–Crippen MR) is 98.2 cm³/mol. The maximum Gasteiger partial charge on any atom is 0.333 e. The molecule has 1 saturated carbocycles. The summed E-state index contributed by atoms with van der Waals surface area (Å²) in [6, 6.07) is 0. The van der Waals surface area contributed by atoms with Gasteiger partial charge in [0.1, 0.15) is 11.7 Å². The van der Waals surface area contributed by atoms with E-state index in [1.165, 1.54) is 6.92 Å². The highest BCUT2D eigenvalue weighted by Crippen LogP contribution is 2.47. The van der Waals surface area contributed by atoms with Gasteiger partial charge in [-0.2, -0.15) is 0 Å². The van der Waals surface area contributed by atoms with E-state index in [0.29, 0.717) is 12.0 Å². The van der Waals surface area contributed by atoms with Crippen LogP contribution >= 0.6 is 0 Å². The van der Waals surface area contributed by atoms with E-state index >= 15 is 0 Å². The zero-order chi connectivity index (χ0) is 19.8. The summed E-state index contributed by atoms with van der Waals surface area (Å²) in [6.07, 6.45) is 3.49. The molecule has 0 aromatic heterocycles. The van der Waals surface area contributed by atoms with Crippen LogP contribution in [0.2, 0.25) is 0 Å². The Bertz CT molecular complexity index is 670. The topological polar surface area (TPSA) is 69.7 Å². The van der Waals surface area contributed by atoms with Crippen molar-refractivity contribution in [1.82, 2.24) is 0 Å². The molecule has 0 saturated heterocycles. The number of rotatable bonds is 3. The Balaban J connectivity index is 2.45. The Morgan fingerprint density at radius 1 is 1.15 bits per heavy atom. The van der Waals surface area contributed by atoms with Gasteiger partial charge in [-0.15, -0.1) is 0 Å². The van der Waals surface area contributed by atoms with E-state index in [1.54, 1.807) is 13.0 Å². The molecule has 0 aromatic rings. The molecule has 1 unspecified atom stereocenters. The van der Waals surface area contributed by atoms with Gasteiger partial charge in [-0.3, -0.25) is 9.59 Å². The van der Waals surface area contributed by atoms with Gasteiger partial charge >= 0.3 is 11.9 Å². The van der Waals surface area contributed by atoms with Crippen molar-refractivity contribution in [2.24, 2.45) is 23.7 Å². The van der Waals surface area contributed by atoms with Crippen LogP contribution in [-0.4, -0.2) is 29.4 Å². The molecule has 26 heavy (non-hydrogen) atoms. The van der Waals surface area contributed by atoms with Gasteiger partial charge in [-0.1, -0.05) is 25.5 Å². The van der Waals surface area contributed by atoms with Crippen molar-refractivity contribution >= 4 is 17.7 Å².